The van der Waals surface area contributed by atoms with Crippen LogP contribution in [0.1, 0.15) is 31.9 Å². The molecule has 6 nitrogen and oxygen atoms in total. The molecule has 0 bridgehead atoms. The number of anilines is 1. The first-order chi connectivity index (χ1) is 12.2. The van der Waals surface area contributed by atoms with Crippen molar-refractivity contribution in [3.05, 3.63) is 30.0 Å². The Labute approximate surface area is 146 Å². The van der Waals surface area contributed by atoms with Crippen LogP contribution < -0.4 is 11.1 Å². The molecule has 0 aliphatic heterocycles. The molecule has 6 heteroatoms. The highest BCUT2D eigenvalue weighted by Crippen LogP contribution is 2.31. The number of pyridine rings is 1. The van der Waals surface area contributed by atoms with E-state index >= 15 is 0 Å². The van der Waals surface area contributed by atoms with Crippen LogP contribution in [0.2, 0.25) is 0 Å². The number of aromatic nitrogens is 3. The van der Waals surface area contributed by atoms with Gasteiger partial charge in [-0.05, 0) is 25.3 Å². The van der Waals surface area contributed by atoms with Crippen LogP contribution in [-0.2, 0) is 17.8 Å². The smallest absolute Gasteiger partial charge is 0.223 e. The largest absolute Gasteiger partial charge is 0.382 e. The summed E-state index contributed by atoms with van der Waals surface area (Å²) in [7, 11) is 0. The van der Waals surface area contributed by atoms with Crippen molar-refractivity contribution in [1.82, 2.24) is 20.1 Å². The average molecular weight is 337 g/mol. The summed E-state index contributed by atoms with van der Waals surface area (Å²) >= 11 is 0. The Morgan fingerprint density at radius 1 is 1.36 bits per heavy atom. The Balaban J connectivity index is 1.75. The highest BCUT2D eigenvalue weighted by molar-refractivity contribution is 6.09. The van der Waals surface area contributed by atoms with E-state index in [9.17, 15) is 4.79 Å². The molecule has 25 heavy (non-hydrogen) atoms. The maximum absolute atomic E-state index is 11.9. The topological polar surface area (TPSA) is 85.8 Å². The molecule has 1 aliphatic carbocycles. The molecular weight excluding hydrogens is 314 g/mol. The Hall–Kier alpha value is -2.63. The number of rotatable bonds is 6. The van der Waals surface area contributed by atoms with E-state index in [0.29, 0.717) is 12.4 Å². The summed E-state index contributed by atoms with van der Waals surface area (Å²) in [5, 5.41) is 9.90. The predicted octanol–water partition coefficient (Wildman–Crippen LogP) is 2.65. The van der Waals surface area contributed by atoms with Crippen molar-refractivity contribution in [2.45, 2.75) is 39.2 Å². The van der Waals surface area contributed by atoms with Gasteiger partial charge >= 0.3 is 0 Å². The number of amides is 1. The Morgan fingerprint density at radius 2 is 2.16 bits per heavy atom. The number of nitrogens with one attached hydrogen (secondary N) is 1. The van der Waals surface area contributed by atoms with Gasteiger partial charge in [-0.3, -0.25) is 9.48 Å². The number of hydrogen-bond acceptors (Lipinski definition) is 4. The standard InChI is InChI=1S/C19H23N5O/c1-2-11-24-15(9-10-21-19(25)12-7-8-12)16-13-5-3-4-6-14(13)22-18(20)17(16)23-24/h3-6,12H,2,7-11H2,1H3,(H2,20,22)(H,21,25). The fourth-order valence-corrected chi connectivity index (χ4v) is 3.37. The van der Waals surface area contributed by atoms with Gasteiger partial charge in [-0.1, -0.05) is 25.1 Å². The summed E-state index contributed by atoms with van der Waals surface area (Å²) in [6.07, 6.45) is 3.77. The van der Waals surface area contributed by atoms with Gasteiger partial charge in [0, 0.05) is 41.9 Å². The number of benzene rings is 1. The van der Waals surface area contributed by atoms with Gasteiger partial charge in [-0.2, -0.15) is 5.10 Å². The second-order valence-electron chi connectivity index (χ2n) is 6.72. The summed E-state index contributed by atoms with van der Waals surface area (Å²) in [5.74, 6) is 0.877. The molecule has 3 N–H and O–H groups in total. The van der Waals surface area contributed by atoms with Crippen LogP contribution in [0, 0.1) is 5.92 Å². The van der Waals surface area contributed by atoms with Gasteiger partial charge < -0.3 is 11.1 Å². The summed E-state index contributed by atoms with van der Waals surface area (Å²) in [6, 6.07) is 8.01. The summed E-state index contributed by atoms with van der Waals surface area (Å²) in [6.45, 7) is 3.58. The Morgan fingerprint density at radius 3 is 2.92 bits per heavy atom. The zero-order valence-electron chi connectivity index (χ0n) is 14.5. The maximum Gasteiger partial charge on any atom is 0.223 e. The lowest BCUT2D eigenvalue weighted by Crippen LogP contribution is -2.27. The third kappa shape index (κ3) is 2.92. The van der Waals surface area contributed by atoms with E-state index in [1.165, 1.54) is 0 Å². The molecule has 4 rings (SSSR count). The monoisotopic (exact) mass is 337 g/mol. The summed E-state index contributed by atoms with van der Waals surface area (Å²) in [5.41, 5.74) is 8.93. The van der Waals surface area contributed by atoms with E-state index < -0.39 is 0 Å². The maximum atomic E-state index is 11.9. The number of hydrogen-bond donors (Lipinski definition) is 2. The second-order valence-corrected chi connectivity index (χ2v) is 6.72. The van der Waals surface area contributed by atoms with Crippen molar-refractivity contribution in [2.24, 2.45) is 5.92 Å². The molecule has 2 aromatic heterocycles. The molecule has 0 atom stereocenters. The van der Waals surface area contributed by atoms with Crippen molar-refractivity contribution in [1.29, 1.82) is 0 Å². The molecule has 1 saturated carbocycles. The quantitative estimate of drug-likeness (QED) is 0.724. The minimum atomic E-state index is 0.178. The zero-order chi connectivity index (χ0) is 17.4. The first-order valence-electron chi connectivity index (χ1n) is 9.00. The van der Waals surface area contributed by atoms with Gasteiger partial charge in [0.25, 0.3) is 0 Å². The first-order valence-corrected chi connectivity index (χ1v) is 9.00. The number of carbonyl (C=O) groups excluding carboxylic acids is 1. The van der Waals surface area contributed by atoms with Crippen LogP contribution in [0.4, 0.5) is 5.82 Å². The zero-order valence-corrected chi connectivity index (χ0v) is 14.5. The van der Waals surface area contributed by atoms with Crippen molar-refractivity contribution < 1.29 is 4.79 Å². The fraction of sp³-hybridized carbons (Fsp3) is 0.421. The SMILES string of the molecule is CCCn1nc2c(N)nc3ccccc3c2c1CCNC(=O)C1CC1. The van der Waals surface area contributed by atoms with Gasteiger partial charge in [0.2, 0.25) is 5.91 Å². The lowest BCUT2D eigenvalue weighted by molar-refractivity contribution is -0.122. The van der Waals surface area contributed by atoms with Gasteiger partial charge in [0.05, 0.1) is 5.52 Å². The van der Waals surface area contributed by atoms with E-state index in [1.807, 2.05) is 22.9 Å². The number of carbonyl (C=O) groups is 1. The highest BCUT2D eigenvalue weighted by atomic mass is 16.2. The van der Waals surface area contributed by atoms with E-state index in [0.717, 1.165) is 59.7 Å². The van der Waals surface area contributed by atoms with Crippen LogP contribution in [0.3, 0.4) is 0 Å². The van der Waals surface area contributed by atoms with Gasteiger partial charge in [-0.25, -0.2) is 4.98 Å². The number of aryl methyl sites for hydroxylation is 1. The first kappa shape index (κ1) is 15.9. The molecule has 1 amide bonds. The molecule has 0 radical (unpaired) electrons. The van der Waals surface area contributed by atoms with Gasteiger partial charge in [0.1, 0.15) is 5.52 Å². The highest BCUT2D eigenvalue weighted by Gasteiger charge is 2.29. The van der Waals surface area contributed by atoms with Crippen LogP contribution in [0.15, 0.2) is 24.3 Å². The van der Waals surface area contributed by atoms with Crippen LogP contribution in [-0.4, -0.2) is 27.2 Å². The van der Waals surface area contributed by atoms with E-state index in [-0.39, 0.29) is 11.8 Å². The number of nitrogens with zero attached hydrogens (tertiary/aromatic N) is 3. The van der Waals surface area contributed by atoms with Crippen molar-refractivity contribution >= 4 is 33.5 Å². The molecule has 1 aromatic carbocycles. The normalized spacial score (nSPS) is 14.3. The predicted molar refractivity (Wildman–Crippen MR) is 99.2 cm³/mol. The molecule has 3 aromatic rings. The van der Waals surface area contributed by atoms with Crippen molar-refractivity contribution in [2.75, 3.05) is 12.3 Å². The molecule has 0 saturated heterocycles. The molecule has 0 unspecified atom stereocenters. The molecular formula is C19H23N5O. The molecule has 1 fully saturated rings. The Kier molecular flexibility index (Phi) is 4.03. The van der Waals surface area contributed by atoms with Crippen molar-refractivity contribution in [3.8, 4) is 0 Å². The average Bonchev–Trinajstić information content (AvgIpc) is 3.39. The molecule has 130 valence electrons. The lowest BCUT2D eigenvalue weighted by Gasteiger charge is -2.09. The van der Waals surface area contributed by atoms with Crippen LogP contribution in [0.5, 0.6) is 0 Å². The summed E-state index contributed by atoms with van der Waals surface area (Å²) < 4.78 is 2.03. The van der Waals surface area contributed by atoms with E-state index in [4.69, 9.17) is 10.8 Å². The van der Waals surface area contributed by atoms with Crippen LogP contribution in [0.25, 0.3) is 21.8 Å². The third-order valence-electron chi connectivity index (χ3n) is 4.76. The van der Waals surface area contributed by atoms with Gasteiger partial charge in [-0.15, -0.1) is 0 Å². The molecule has 2 heterocycles. The molecule has 1 aliphatic rings. The Bertz CT molecular complexity index is 942. The molecule has 0 spiro atoms. The minimum absolute atomic E-state index is 0.178. The second kappa shape index (κ2) is 6.35. The third-order valence-corrected chi connectivity index (χ3v) is 4.76. The van der Waals surface area contributed by atoms with E-state index in [2.05, 4.69) is 23.3 Å². The minimum Gasteiger partial charge on any atom is -0.382 e. The lowest BCUT2D eigenvalue weighted by atomic mass is 10.1. The van der Waals surface area contributed by atoms with Crippen molar-refractivity contribution in [3.63, 3.8) is 0 Å². The van der Waals surface area contributed by atoms with Gasteiger partial charge in [0.15, 0.2) is 5.82 Å². The number of fused-ring (bicyclic) bond motifs is 3. The number of nitrogens with two attached hydrogens (primary N) is 1. The fourth-order valence-electron chi connectivity index (χ4n) is 3.37. The van der Waals surface area contributed by atoms with Crippen LogP contribution >= 0.6 is 0 Å². The summed E-state index contributed by atoms with van der Waals surface area (Å²) in [4.78, 5) is 16.4. The van der Waals surface area contributed by atoms with E-state index in [1.54, 1.807) is 0 Å². The number of nitrogen functional groups attached to an aromatic ring is 1. The number of para-hydroxylation sites is 1.